The monoisotopic (exact) mass is 162 g/mol. The van der Waals surface area contributed by atoms with Gasteiger partial charge in [-0.2, -0.15) is 0 Å². The van der Waals surface area contributed by atoms with Gasteiger partial charge in [0.1, 0.15) is 0 Å². The van der Waals surface area contributed by atoms with Crippen molar-refractivity contribution in [3.8, 4) is 0 Å². The van der Waals surface area contributed by atoms with Gasteiger partial charge in [-0.1, -0.05) is 6.07 Å². The minimum atomic E-state index is 0.892. The van der Waals surface area contributed by atoms with Gasteiger partial charge in [-0.05, 0) is 37.0 Å². The fourth-order valence-corrected chi connectivity index (χ4v) is 1.66. The molecule has 0 spiro atoms. The second kappa shape index (κ2) is 2.70. The molecule has 0 amide bonds. The summed E-state index contributed by atoms with van der Waals surface area (Å²) in [5.74, 6) is 0. The van der Waals surface area contributed by atoms with Gasteiger partial charge in [-0.3, -0.25) is 0 Å². The van der Waals surface area contributed by atoms with Crippen molar-refractivity contribution in [2.75, 3.05) is 17.6 Å². The zero-order chi connectivity index (χ0) is 8.55. The average Bonchev–Trinajstić information content (AvgIpc) is 2.07. The van der Waals surface area contributed by atoms with Crippen LogP contribution in [0, 0.1) is 6.92 Å². The lowest BCUT2D eigenvalue weighted by atomic mass is 10.0. The Balaban J connectivity index is 2.49. The lowest BCUT2D eigenvalue weighted by Crippen LogP contribution is -2.12. The number of hydrogen-bond acceptors (Lipinski definition) is 2. The first-order valence-corrected chi connectivity index (χ1v) is 4.40. The number of anilines is 2. The van der Waals surface area contributed by atoms with E-state index in [2.05, 4.69) is 18.3 Å². The van der Waals surface area contributed by atoms with Gasteiger partial charge in [-0.25, -0.2) is 0 Å². The molecule has 0 unspecified atom stereocenters. The largest absolute Gasteiger partial charge is 0.398 e. The highest BCUT2D eigenvalue weighted by Gasteiger charge is 2.09. The molecule has 0 aliphatic carbocycles. The Morgan fingerprint density at radius 3 is 3.08 bits per heavy atom. The lowest BCUT2D eigenvalue weighted by Gasteiger charge is -2.19. The first kappa shape index (κ1) is 7.47. The molecular formula is C10H14N2. The predicted octanol–water partition coefficient (Wildman–Crippen LogP) is 1.94. The highest BCUT2D eigenvalue weighted by atomic mass is 14.9. The van der Waals surface area contributed by atoms with Crippen LogP contribution >= 0.6 is 0 Å². The van der Waals surface area contributed by atoms with Gasteiger partial charge in [-0.15, -0.1) is 0 Å². The minimum Gasteiger partial charge on any atom is -0.398 e. The van der Waals surface area contributed by atoms with Crippen LogP contribution in [0.1, 0.15) is 17.5 Å². The van der Waals surface area contributed by atoms with Gasteiger partial charge in [0.25, 0.3) is 0 Å². The number of aryl methyl sites for hydroxylation is 2. The number of benzene rings is 1. The van der Waals surface area contributed by atoms with Crippen LogP contribution in [0.5, 0.6) is 0 Å². The van der Waals surface area contributed by atoms with Crippen molar-refractivity contribution in [1.82, 2.24) is 0 Å². The van der Waals surface area contributed by atoms with E-state index in [1.165, 1.54) is 29.7 Å². The van der Waals surface area contributed by atoms with Crippen LogP contribution in [0.2, 0.25) is 0 Å². The maximum Gasteiger partial charge on any atom is 0.0393 e. The summed E-state index contributed by atoms with van der Waals surface area (Å²) in [6, 6.07) is 4.24. The Kier molecular flexibility index (Phi) is 1.68. The van der Waals surface area contributed by atoms with Crippen LogP contribution in [-0.4, -0.2) is 6.54 Å². The third-order valence-electron chi connectivity index (χ3n) is 2.43. The SMILES string of the molecule is Cc1cc2c(cc1N)NCCC2. The van der Waals surface area contributed by atoms with Crippen molar-refractivity contribution in [2.45, 2.75) is 19.8 Å². The van der Waals surface area contributed by atoms with Crippen molar-refractivity contribution in [3.63, 3.8) is 0 Å². The molecule has 0 saturated carbocycles. The van der Waals surface area contributed by atoms with E-state index in [0.29, 0.717) is 0 Å². The molecule has 1 aliphatic rings. The molecule has 2 rings (SSSR count). The van der Waals surface area contributed by atoms with Crippen LogP contribution in [0.3, 0.4) is 0 Å². The summed E-state index contributed by atoms with van der Waals surface area (Å²) < 4.78 is 0. The number of hydrogen-bond donors (Lipinski definition) is 2. The van der Waals surface area contributed by atoms with Crippen molar-refractivity contribution in [2.24, 2.45) is 0 Å². The van der Waals surface area contributed by atoms with Crippen LogP contribution in [-0.2, 0) is 6.42 Å². The maximum atomic E-state index is 5.80. The smallest absolute Gasteiger partial charge is 0.0393 e. The highest BCUT2D eigenvalue weighted by molar-refractivity contribution is 5.64. The van der Waals surface area contributed by atoms with Crippen molar-refractivity contribution < 1.29 is 0 Å². The molecule has 1 aromatic rings. The zero-order valence-electron chi connectivity index (χ0n) is 7.35. The first-order valence-electron chi connectivity index (χ1n) is 4.40. The minimum absolute atomic E-state index is 0.892. The summed E-state index contributed by atoms with van der Waals surface area (Å²) in [5.41, 5.74) is 10.5. The first-order chi connectivity index (χ1) is 5.77. The lowest BCUT2D eigenvalue weighted by molar-refractivity contribution is 0.829. The van der Waals surface area contributed by atoms with Gasteiger partial charge in [0, 0.05) is 17.9 Å². The van der Waals surface area contributed by atoms with Crippen molar-refractivity contribution in [1.29, 1.82) is 0 Å². The molecular weight excluding hydrogens is 148 g/mol. The normalized spacial score (nSPS) is 15.1. The third kappa shape index (κ3) is 1.13. The van der Waals surface area contributed by atoms with Crippen LogP contribution in [0.15, 0.2) is 12.1 Å². The van der Waals surface area contributed by atoms with E-state index in [4.69, 9.17) is 5.73 Å². The Bertz CT molecular complexity index is 274. The van der Waals surface area contributed by atoms with Crippen molar-refractivity contribution >= 4 is 11.4 Å². The van der Waals surface area contributed by atoms with E-state index < -0.39 is 0 Å². The molecule has 1 heterocycles. The number of nitrogens with two attached hydrogens (primary N) is 1. The van der Waals surface area contributed by atoms with E-state index in [-0.39, 0.29) is 0 Å². The molecule has 3 N–H and O–H groups in total. The van der Waals surface area contributed by atoms with Crippen LogP contribution in [0.4, 0.5) is 11.4 Å². The maximum absolute atomic E-state index is 5.80. The van der Waals surface area contributed by atoms with E-state index in [1.807, 2.05) is 6.07 Å². The molecule has 12 heavy (non-hydrogen) atoms. The molecule has 0 aromatic heterocycles. The number of fused-ring (bicyclic) bond motifs is 1. The fourth-order valence-electron chi connectivity index (χ4n) is 1.66. The molecule has 64 valence electrons. The Morgan fingerprint density at radius 1 is 1.42 bits per heavy atom. The summed E-state index contributed by atoms with van der Waals surface area (Å²) in [4.78, 5) is 0. The third-order valence-corrected chi connectivity index (χ3v) is 2.43. The topological polar surface area (TPSA) is 38.0 Å². The zero-order valence-corrected chi connectivity index (χ0v) is 7.35. The summed E-state index contributed by atoms with van der Waals surface area (Å²) >= 11 is 0. The fraction of sp³-hybridized carbons (Fsp3) is 0.400. The van der Waals surface area contributed by atoms with Gasteiger partial charge < -0.3 is 11.1 Å². The molecule has 1 aromatic carbocycles. The van der Waals surface area contributed by atoms with Gasteiger partial charge in [0.15, 0.2) is 0 Å². The molecule has 2 heteroatoms. The van der Waals surface area contributed by atoms with Gasteiger partial charge >= 0.3 is 0 Å². The van der Waals surface area contributed by atoms with Crippen LogP contribution in [0.25, 0.3) is 0 Å². The molecule has 0 fully saturated rings. The van der Waals surface area contributed by atoms with Gasteiger partial charge in [0.2, 0.25) is 0 Å². The molecule has 0 radical (unpaired) electrons. The predicted molar refractivity (Wildman–Crippen MR) is 52.4 cm³/mol. The summed E-state index contributed by atoms with van der Waals surface area (Å²) in [7, 11) is 0. The van der Waals surface area contributed by atoms with E-state index in [9.17, 15) is 0 Å². The standard InChI is InChI=1S/C10H14N2/c1-7-5-8-3-2-4-12-10(8)6-9(7)11/h5-6,12H,2-4,11H2,1H3. The number of nitrogen functional groups attached to an aromatic ring is 1. The molecule has 1 aliphatic heterocycles. The average molecular weight is 162 g/mol. The summed E-state index contributed by atoms with van der Waals surface area (Å²) in [5, 5.41) is 3.35. The Labute approximate surface area is 72.8 Å². The second-order valence-corrected chi connectivity index (χ2v) is 3.40. The van der Waals surface area contributed by atoms with E-state index in [0.717, 1.165) is 12.2 Å². The van der Waals surface area contributed by atoms with Gasteiger partial charge in [0.05, 0.1) is 0 Å². The summed E-state index contributed by atoms with van der Waals surface area (Å²) in [6.07, 6.45) is 2.42. The molecule has 2 nitrogen and oxygen atoms in total. The molecule has 0 atom stereocenters. The highest BCUT2D eigenvalue weighted by Crippen LogP contribution is 2.26. The van der Waals surface area contributed by atoms with E-state index in [1.54, 1.807) is 0 Å². The number of rotatable bonds is 0. The Morgan fingerprint density at radius 2 is 2.25 bits per heavy atom. The quantitative estimate of drug-likeness (QED) is 0.572. The van der Waals surface area contributed by atoms with E-state index >= 15 is 0 Å². The molecule has 0 saturated heterocycles. The second-order valence-electron chi connectivity index (χ2n) is 3.40. The summed E-state index contributed by atoms with van der Waals surface area (Å²) in [6.45, 7) is 3.14. The van der Waals surface area contributed by atoms with Crippen LogP contribution < -0.4 is 11.1 Å². The molecule has 0 bridgehead atoms. The number of nitrogens with one attached hydrogen (secondary N) is 1. The van der Waals surface area contributed by atoms with Crippen molar-refractivity contribution in [3.05, 3.63) is 23.3 Å². The Hall–Kier alpha value is -1.18.